The third-order valence-corrected chi connectivity index (χ3v) is 10.1. The molecule has 5 rings (SSSR count). The van der Waals surface area contributed by atoms with Gasteiger partial charge in [0.25, 0.3) is 0 Å². The lowest BCUT2D eigenvalue weighted by molar-refractivity contribution is -0.218. The minimum Gasteiger partial charge on any atom is -0.472 e. The molecule has 1 heterocycles. The SMILES string of the molecule is CO[C@]12CC[C@H](c3ccoc3)[C@@]1(C)CC[C@H]1[C@H]2CC[C@@H]2C[C@@H](O)CC[C@@]21C. The summed E-state index contributed by atoms with van der Waals surface area (Å²) >= 11 is 0. The zero-order valence-corrected chi connectivity index (χ0v) is 17.2. The summed E-state index contributed by atoms with van der Waals surface area (Å²) in [6.45, 7) is 5.06. The van der Waals surface area contributed by atoms with Gasteiger partial charge in [-0.15, -0.1) is 0 Å². The fourth-order valence-corrected chi connectivity index (χ4v) is 8.67. The quantitative estimate of drug-likeness (QED) is 0.741. The maximum absolute atomic E-state index is 10.3. The summed E-state index contributed by atoms with van der Waals surface area (Å²) < 4.78 is 12.0. The van der Waals surface area contributed by atoms with E-state index in [2.05, 4.69) is 19.9 Å². The van der Waals surface area contributed by atoms with E-state index in [0.29, 0.717) is 23.2 Å². The van der Waals surface area contributed by atoms with Crippen molar-refractivity contribution in [3.63, 3.8) is 0 Å². The Morgan fingerprint density at radius 2 is 1.89 bits per heavy atom. The second-order valence-corrected chi connectivity index (χ2v) is 10.6. The van der Waals surface area contributed by atoms with Crippen molar-refractivity contribution in [2.45, 2.75) is 89.3 Å². The van der Waals surface area contributed by atoms with Crippen molar-refractivity contribution in [3.8, 4) is 0 Å². The number of ether oxygens (including phenoxy) is 1. The lowest BCUT2D eigenvalue weighted by Gasteiger charge is -2.64. The number of furan rings is 1. The molecule has 27 heavy (non-hydrogen) atoms. The van der Waals surface area contributed by atoms with Crippen LogP contribution in [0.15, 0.2) is 23.0 Å². The van der Waals surface area contributed by atoms with Gasteiger partial charge in [0, 0.05) is 12.5 Å². The smallest absolute Gasteiger partial charge is 0.0937 e. The Balaban J connectivity index is 1.52. The zero-order valence-electron chi connectivity index (χ0n) is 17.2. The van der Waals surface area contributed by atoms with Crippen LogP contribution in [0.5, 0.6) is 0 Å². The van der Waals surface area contributed by atoms with Gasteiger partial charge in [-0.25, -0.2) is 0 Å². The number of fused-ring (bicyclic) bond motifs is 5. The minimum atomic E-state index is -0.0678. The second-order valence-electron chi connectivity index (χ2n) is 10.6. The Morgan fingerprint density at radius 1 is 1.04 bits per heavy atom. The largest absolute Gasteiger partial charge is 0.472 e. The molecular weight excluding hydrogens is 336 g/mol. The average molecular weight is 373 g/mol. The molecule has 3 heteroatoms. The fourth-order valence-electron chi connectivity index (χ4n) is 8.67. The van der Waals surface area contributed by atoms with E-state index in [-0.39, 0.29) is 17.1 Å². The molecule has 4 aliphatic carbocycles. The number of methoxy groups -OCH3 is 1. The first-order valence-corrected chi connectivity index (χ1v) is 11.2. The van der Waals surface area contributed by atoms with Gasteiger partial charge in [0.2, 0.25) is 0 Å². The van der Waals surface area contributed by atoms with Crippen LogP contribution in [0.25, 0.3) is 0 Å². The van der Waals surface area contributed by atoms with Crippen molar-refractivity contribution in [2.24, 2.45) is 28.6 Å². The summed E-state index contributed by atoms with van der Waals surface area (Å²) in [6, 6.07) is 2.18. The van der Waals surface area contributed by atoms with Gasteiger partial charge in [0.15, 0.2) is 0 Å². The van der Waals surface area contributed by atoms with Gasteiger partial charge in [-0.2, -0.15) is 0 Å². The summed E-state index contributed by atoms with van der Waals surface area (Å²) in [5.74, 6) is 2.66. The van der Waals surface area contributed by atoms with Gasteiger partial charge in [0.1, 0.15) is 0 Å². The summed E-state index contributed by atoms with van der Waals surface area (Å²) in [7, 11) is 1.98. The van der Waals surface area contributed by atoms with Crippen molar-refractivity contribution in [2.75, 3.05) is 7.11 Å². The summed E-state index contributed by atoms with van der Waals surface area (Å²) in [5.41, 5.74) is 1.96. The maximum Gasteiger partial charge on any atom is 0.0937 e. The number of hydrogen-bond donors (Lipinski definition) is 1. The van der Waals surface area contributed by atoms with E-state index in [1.165, 1.54) is 50.5 Å². The van der Waals surface area contributed by atoms with Crippen LogP contribution in [0.1, 0.15) is 83.1 Å². The molecule has 0 aliphatic heterocycles. The third kappa shape index (κ3) is 2.28. The molecule has 0 spiro atoms. The first kappa shape index (κ1) is 18.2. The van der Waals surface area contributed by atoms with E-state index in [9.17, 15) is 5.11 Å². The predicted molar refractivity (Wildman–Crippen MR) is 105 cm³/mol. The Bertz CT molecular complexity index is 684. The van der Waals surface area contributed by atoms with Crippen molar-refractivity contribution in [1.29, 1.82) is 0 Å². The van der Waals surface area contributed by atoms with E-state index < -0.39 is 0 Å². The van der Waals surface area contributed by atoms with E-state index in [4.69, 9.17) is 9.15 Å². The average Bonchev–Trinajstić information content (AvgIpc) is 3.27. The molecule has 0 radical (unpaired) electrons. The highest BCUT2D eigenvalue weighted by Crippen LogP contribution is 2.71. The molecule has 0 unspecified atom stereocenters. The van der Waals surface area contributed by atoms with E-state index >= 15 is 0 Å². The number of rotatable bonds is 2. The van der Waals surface area contributed by atoms with Crippen LogP contribution in [0, 0.1) is 28.6 Å². The molecule has 1 N–H and O–H groups in total. The summed E-state index contributed by atoms with van der Waals surface area (Å²) in [5, 5.41) is 10.3. The van der Waals surface area contributed by atoms with Crippen molar-refractivity contribution >= 4 is 0 Å². The van der Waals surface area contributed by atoms with Gasteiger partial charge < -0.3 is 14.3 Å². The first-order chi connectivity index (χ1) is 12.9. The first-order valence-electron chi connectivity index (χ1n) is 11.2. The molecule has 4 saturated carbocycles. The van der Waals surface area contributed by atoms with Crippen LogP contribution in [0.2, 0.25) is 0 Å². The topological polar surface area (TPSA) is 42.6 Å². The monoisotopic (exact) mass is 372 g/mol. The molecule has 0 amide bonds. The molecule has 3 nitrogen and oxygen atoms in total. The minimum absolute atomic E-state index is 0.00188. The van der Waals surface area contributed by atoms with Gasteiger partial charge >= 0.3 is 0 Å². The van der Waals surface area contributed by atoms with E-state index in [0.717, 1.165) is 18.8 Å². The molecule has 0 saturated heterocycles. The molecule has 1 aromatic rings. The highest BCUT2D eigenvalue weighted by molar-refractivity contribution is 5.27. The van der Waals surface area contributed by atoms with Crippen LogP contribution in [-0.2, 0) is 4.74 Å². The normalized spacial score (nSPS) is 52.1. The van der Waals surface area contributed by atoms with Crippen LogP contribution in [-0.4, -0.2) is 23.9 Å². The Labute approximate surface area is 163 Å². The maximum atomic E-state index is 10.3. The number of hydrogen-bond acceptors (Lipinski definition) is 3. The van der Waals surface area contributed by atoms with Crippen molar-refractivity contribution in [3.05, 3.63) is 24.2 Å². The Hall–Kier alpha value is -0.800. The number of aliphatic hydroxyl groups is 1. The van der Waals surface area contributed by atoms with Crippen LogP contribution < -0.4 is 0 Å². The molecule has 0 bridgehead atoms. The van der Waals surface area contributed by atoms with E-state index in [1.54, 1.807) is 0 Å². The molecular formula is C24H36O3. The van der Waals surface area contributed by atoms with Crippen molar-refractivity contribution < 1.29 is 14.3 Å². The Morgan fingerprint density at radius 3 is 2.63 bits per heavy atom. The summed E-state index contributed by atoms with van der Waals surface area (Å²) in [4.78, 5) is 0. The molecule has 150 valence electrons. The predicted octanol–water partition coefficient (Wildman–Crippen LogP) is 5.54. The Kier molecular flexibility index (Phi) is 4.12. The van der Waals surface area contributed by atoms with E-state index in [1.807, 2.05) is 19.6 Å². The zero-order chi connectivity index (χ0) is 18.9. The van der Waals surface area contributed by atoms with Crippen LogP contribution >= 0.6 is 0 Å². The van der Waals surface area contributed by atoms with Crippen LogP contribution in [0.3, 0.4) is 0 Å². The van der Waals surface area contributed by atoms with Gasteiger partial charge in [-0.1, -0.05) is 13.8 Å². The fraction of sp³-hybridized carbons (Fsp3) is 0.833. The molecule has 0 aromatic carbocycles. The van der Waals surface area contributed by atoms with Crippen molar-refractivity contribution in [1.82, 2.24) is 0 Å². The highest BCUT2D eigenvalue weighted by Gasteiger charge is 2.68. The molecule has 8 atom stereocenters. The lowest BCUT2D eigenvalue weighted by Crippen LogP contribution is -2.62. The lowest BCUT2D eigenvalue weighted by atomic mass is 9.43. The van der Waals surface area contributed by atoms with Crippen LogP contribution in [0.4, 0.5) is 0 Å². The third-order valence-electron chi connectivity index (χ3n) is 10.1. The standard InChI is InChI=1S/C24H36O3/c1-22-10-6-18(25)14-17(22)4-5-21-20(22)7-11-23(2)19(16-9-13-27-15-16)8-12-24(21,23)26-3/h9,13,15,17-21,25H,4-8,10-12,14H2,1-3H3/t17-,18+,19-,20+,21-,22+,23-,24+/m1/s1. The number of aliphatic hydroxyl groups excluding tert-OH is 1. The second kappa shape index (κ2) is 6.10. The van der Waals surface area contributed by atoms with Gasteiger partial charge in [-0.3, -0.25) is 0 Å². The molecule has 4 aliphatic rings. The summed E-state index contributed by atoms with van der Waals surface area (Å²) in [6.07, 6.45) is 14.5. The van der Waals surface area contributed by atoms with Gasteiger partial charge in [0.05, 0.1) is 24.2 Å². The molecule has 1 aromatic heterocycles. The van der Waals surface area contributed by atoms with Gasteiger partial charge in [-0.05, 0) is 98.5 Å². The highest BCUT2D eigenvalue weighted by atomic mass is 16.5. The molecule has 4 fully saturated rings.